The first-order valence-electron chi connectivity index (χ1n) is 13.9. The lowest BCUT2D eigenvalue weighted by atomic mass is 9.94. The minimum Gasteiger partial charge on any atom is -0.352 e. The maximum Gasteiger partial charge on any atom is 0.244 e. The molecule has 4 rings (SSSR count). The van der Waals surface area contributed by atoms with Crippen molar-refractivity contribution in [2.24, 2.45) is 0 Å². The highest BCUT2D eigenvalue weighted by molar-refractivity contribution is 7.92. The van der Waals surface area contributed by atoms with Gasteiger partial charge in [-0.1, -0.05) is 97.6 Å². The second-order valence-electron chi connectivity index (χ2n) is 10.7. The van der Waals surface area contributed by atoms with Gasteiger partial charge in [0.1, 0.15) is 12.6 Å². The van der Waals surface area contributed by atoms with E-state index in [1.807, 2.05) is 79.7 Å². The Kier molecular flexibility index (Phi) is 9.98. The van der Waals surface area contributed by atoms with Gasteiger partial charge < -0.3 is 10.2 Å². The van der Waals surface area contributed by atoms with E-state index in [4.69, 9.17) is 0 Å². The highest BCUT2D eigenvalue weighted by Gasteiger charge is 2.34. The SMILES string of the molecule is Cc1ccc(N(CC(=O)N(Cc2ccccc2)[C@@H](Cc2ccccc2)C(=O)NC2CCCCC2)S(C)(=O)=O)cc1. The Bertz CT molecular complexity index is 1360. The van der Waals surface area contributed by atoms with Crippen molar-refractivity contribution < 1.29 is 18.0 Å². The third-order valence-electron chi connectivity index (χ3n) is 7.42. The molecule has 7 nitrogen and oxygen atoms in total. The summed E-state index contributed by atoms with van der Waals surface area (Å²) >= 11 is 0. The Labute approximate surface area is 238 Å². The minimum absolute atomic E-state index is 0.0771. The smallest absolute Gasteiger partial charge is 0.244 e. The van der Waals surface area contributed by atoms with Crippen molar-refractivity contribution in [3.63, 3.8) is 0 Å². The molecule has 0 spiro atoms. The van der Waals surface area contributed by atoms with Crippen LogP contribution in [-0.4, -0.2) is 50.0 Å². The number of rotatable bonds is 11. The molecular weight excluding hydrogens is 522 g/mol. The summed E-state index contributed by atoms with van der Waals surface area (Å²) in [5.74, 6) is -0.643. The summed E-state index contributed by atoms with van der Waals surface area (Å²) in [5, 5.41) is 3.22. The molecule has 0 bridgehead atoms. The van der Waals surface area contributed by atoms with E-state index in [1.54, 1.807) is 17.0 Å². The first-order valence-corrected chi connectivity index (χ1v) is 15.8. The molecule has 1 aliphatic carbocycles. The van der Waals surface area contributed by atoms with Crippen LogP contribution >= 0.6 is 0 Å². The summed E-state index contributed by atoms with van der Waals surface area (Å²) in [5.41, 5.74) is 3.18. The molecule has 40 heavy (non-hydrogen) atoms. The van der Waals surface area contributed by atoms with Gasteiger partial charge in [0.15, 0.2) is 0 Å². The van der Waals surface area contributed by atoms with Crippen LogP contribution in [0.25, 0.3) is 0 Å². The van der Waals surface area contributed by atoms with Gasteiger partial charge in [0.25, 0.3) is 0 Å². The molecule has 1 atom stereocenters. The fourth-order valence-electron chi connectivity index (χ4n) is 5.20. The van der Waals surface area contributed by atoms with Gasteiger partial charge in [-0.05, 0) is 43.0 Å². The van der Waals surface area contributed by atoms with E-state index < -0.39 is 28.5 Å². The second-order valence-corrected chi connectivity index (χ2v) is 12.6. The molecule has 2 amide bonds. The van der Waals surface area contributed by atoms with Gasteiger partial charge in [-0.3, -0.25) is 13.9 Å². The summed E-state index contributed by atoms with van der Waals surface area (Å²) < 4.78 is 26.8. The minimum atomic E-state index is -3.77. The maximum absolute atomic E-state index is 14.1. The Hall–Kier alpha value is -3.65. The zero-order valence-electron chi connectivity index (χ0n) is 23.3. The van der Waals surface area contributed by atoms with Gasteiger partial charge >= 0.3 is 0 Å². The van der Waals surface area contributed by atoms with E-state index in [-0.39, 0.29) is 18.5 Å². The van der Waals surface area contributed by atoms with Crippen LogP contribution in [0.4, 0.5) is 5.69 Å². The Balaban J connectivity index is 1.69. The topological polar surface area (TPSA) is 86.8 Å². The number of amides is 2. The van der Waals surface area contributed by atoms with E-state index in [1.165, 1.54) is 6.42 Å². The van der Waals surface area contributed by atoms with E-state index in [2.05, 4.69) is 5.32 Å². The number of hydrogen-bond donors (Lipinski definition) is 1. The molecule has 1 fully saturated rings. The maximum atomic E-state index is 14.1. The van der Waals surface area contributed by atoms with Crippen LogP contribution in [0, 0.1) is 6.92 Å². The van der Waals surface area contributed by atoms with Crippen molar-refractivity contribution in [2.75, 3.05) is 17.1 Å². The molecule has 0 heterocycles. The van der Waals surface area contributed by atoms with Crippen LogP contribution < -0.4 is 9.62 Å². The average molecular weight is 562 g/mol. The van der Waals surface area contributed by atoms with Crippen molar-refractivity contribution in [2.45, 2.75) is 64.1 Å². The van der Waals surface area contributed by atoms with Crippen molar-refractivity contribution in [1.29, 1.82) is 0 Å². The quantitative estimate of drug-likeness (QED) is 0.363. The largest absolute Gasteiger partial charge is 0.352 e. The third-order valence-corrected chi connectivity index (χ3v) is 8.56. The number of anilines is 1. The second kappa shape index (κ2) is 13.6. The highest BCUT2D eigenvalue weighted by atomic mass is 32.2. The summed E-state index contributed by atoms with van der Waals surface area (Å²) in [7, 11) is -3.77. The molecule has 212 valence electrons. The van der Waals surface area contributed by atoms with Gasteiger partial charge in [-0.2, -0.15) is 0 Å². The standard InChI is InChI=1S/C32H39N3O4S/c1-25-18-20-29(21-19-25)35(40(2,38)39)24-31(36)34(23-27-14-8-4-9-15-27)30(22-26-12-6-3-7-13-26)32(37)33-28-16-10-5-11-17-28/h3-4,6-9,12-15,18-21,28,30H,5,10-11,16-17,22-24H2,1-2H3,(H,33,37)/t30-/m0/s1. The number of carbonyl (C=O) groups is 2. The molecule has 8 heteroatoms. The first kappa shape index (κ1) is 29.3. The zero-order chi connectivity index (χ0) is 28.5. The van der Waals surface area contributed by atoms with E-state index in [9.17, 15) is 18.0 Å². The molecule has 1 N–H and O–H groups in total. The number of carbonyl (C=O) groups excluding carboxylic acids is 2. The van der Waals surface area contributed by atoms with Gasteiger partial charge in [-0.15, -0.1) is 0 Å². The number of hydrogen-bond acceptors (Lipinski definition) is 4. The Morgan fingerprint density at radius 2 is 1.43 bits per heavy atom. The number of nitrogens with one attached hydrogen (secondary N) is 1. The lowest BCUT2D eigenvalue weighted by Gasteiger charge is -2.35. The van der Waals surface area contributed by atoms with Crippen molar-refractivity contribution in [1.82, 2.24) is 10.2 Å². The van der Waals surface area contributed by atoms with E-state index in [0.717, 1.165) is 52.9 Å². The lowest BCUT2D eigenvalue weighted by molar-refractivity contribution is -0.140. The molecule has 0 radical (unpaired) electrons. The summed E-state index contributed by atoms with van der Waals surface area (Å²) in [6, 6.07) is 25.4. The lowest BCUT2D eigenvalue weighted by Crippen LogP contribution is -2.55. The predicted molar refractivity (Wildman–Crippen MR) is 159 cm³/mol. The van der Waals surface area contributed by atoms with Gasteiger partial charge in [0, 0.05) is 19.0 Å². The first-order chi connectivity index (χ1) is 19.2. The molecule has 0 aliphatic heterocycles. The summed E-state index contributed by atoms with van der Waals surface area (Å²) in [4.78, 5) is 29.6. The zero-order valence-corrected chi connectivity index (χ0v) is 24.1. The monoisotopic (exact) mass is 561 g/mol. The van der Waals surface area contributed by atoms with Crippen molar-refractivity contribution in [3.05, 3.63) is 102 Å². The number of benzene rings is 3. The van der Waals surface area contributed by atoms with Crippen LogP contribution in [-0.2, 0) is 32.6 Å². The molecule has 0 aromatic heterocycles. The van der Waals surface area contributed by atoms with Crippen molar-refractivity contribution in [3.8, 4) is 0 Å². The molecule has 0 saturated heterocycles. The van der Waals surface area contributed by atoms with E-state index >= 15 is 0 Å². The molecule has 1 saturated carbocycles. The van der Waals surface area contributed by atoms with Gasteiger partial charge in [0.05, 0.1) is 11.9 Å². The fraction of sp³-hybridized carbons (Fsp3) is 0.375. The average Bonchev–Trinajstić information content (AvgIpc) is 2.95. The number of aryl methyl sites for hydroxylation is 1. The Morgan fingerprint density at radius 1 is 0.850 bits per heavy atom. The molecule has 3 aromatic carbocycles. The van der Waals surface area contributed by atoms with Crippen molar-refractivity contribution >= 4 is 27.5 Å². The van der Waals surface area contributed by atoms with Crippen LogP contribution in [0.2, 0.25) is 0 Å². The molecule has 3 aromatic rings. The third kappa shape index (κ3) is 8.18. The highest BCUT2D eigenvalue weighted by Crippen LogP contribution is 2.22. The van der Waals surface area contributed by atoms with Gasteiger partial charge in [-0.25, -0.2) is 8.42 Å². The fourth-order valence-corrected chi connectivity index (χ4v) is 6.05. The predicted octanol–water partition coefficient (Wildman–Crippen LogP) is 4.85. The Morgan fingerprint density at radius 3 is 2.00 bits per heavy atom. The van der Waals surface area contributed by atoms with Crippen LogP contribution in [0.5, 0.6) is 0 Å². The van der Waals surface area contributed by atoms with Crippen LogP contribution in [0.1, 0.15) is 48.8 Å². The normalized spacial score (nSPS) is 14.8. The summed E-state index contributed by atoms with van der Waals surface area (Å²) in [6.07, 6.45) is 6.57. The molecular formula is C32H39N3O4S. The number of sulfonamides is 1. The van der Waals surface area contributed by atoms with Crippen LogP contribution in [0.15, 0.2) is 84.9 Å². The van der Waals surface area contributed by atoms with Crippen LogP contribution in [0.3, 0.4) is 0 Å². The molecule has 0 unspecified atom stereocenters. The molecule has 1 aliphatic rings. The van der Waals surface area contributed by atoms with E-state index in [0.29, 0.717) is 12.1 Å². The number of nitrogens with zero attached hydrogens (tertiary/aromatic N) is 2. The van der Waals surface area contributed by atoms with Gasteiger partial charge in [0.2, 0.25) is 21.8 Å². The summed E-state index contributed by atoms with van der Waals surface area (Å²) in [6.45, 7) is 1.69.